The molecule has 210 valence electrons. The van der Waals surface area contributed by atoms with Gasteiger partial charge < -0.3 is 19.5 Å². The number of benzene rings is 4. The van der Waals surface area contributed by atoms with Crippen molar-refractivity contribution in [3.63, 3.8) is 0 Å². The van der Waals surface area contributed by atoms with Gasteiger partial charge in [0.2, 0.25) is 0 Å². The largest absolute Gasteiger partial charge is 0.478 e. The predicted molar refractivity (Wildman–Crippen MR) is 171 cm³/mol. The first-order chi connectivity index (χ1) is 19.8. The average Bonchev–Trinajstić information content (AvgIpc) is 3.26. The molecule has 5 rings (SSSR count). The molecule has 5 aromatic rings. The summed E-state index contributed by atoms with van der Waals surface area (Å²) in [5.74, 6) is -0.896. The van der Waals surface area contributed by atoms with E-state index in [1.165, 1.54) is 39.0 Å². The Morgan fingerprint density at radius 3 is 2.20 bits per heavy atom. The molecular weight excluding hydrogens is 506 g/mol. The summed E-state index contributed by atoms with van der Waals surface area (Å²) in [7, 11) is 3.86. The van der Waals surface area contributed by atoms with E-state index in [1.54, 1.807) is 6.07 Å². The van der Waals surface area contributed by atoms with Crippen LogP contribution < -0.4 is 9.80 Å². The summed E-state index contributed by atoms with van der Waals surface area (Å²) in [6, 6.07) is 31.7. The molecule has 1 heterocycles. The Morgan fingerprint density at radius 1 is 0.854 bits per heavy atom. The van der Waals surface area contributed by atoms with Crippen molar-refractivity contribution in [1.29, 1.82) is 0 Å². The van der Waals surface area contributed by atoms with Crippen molar-refractivity contribution in [2.24, 2.45) is 0 Å². The second kappa shape index (κ2) is 11.9. The first-order valence-corrected chi connectivity index (χ1v) is 14.4. The third-order valence-corrected chi connectivity index (χ3v) is 8.14. The molecule has 0 spiro atoms. The van der Waals surface area contributed by atoms with Gasteiger partial charge in [-0.1, -0.05) is 60.7 Å². The number of carboxylic acids is 1. The number of aryl methyl sites for hydroxylation is 1. The van der Waals surface area contributed by atoms with E-state index in [0.29, 0.717) is 12.0 Å². The lowest BCUT2D eigenvalue weighted by atomic mass is 9.93. The first kappa shape index (κ1) is 28.0. The summed E-state index contributed by atoms with van der Waals surface area (Å²) < 4.78 is 2.34. The highest BCUT2D eigenvalue weighted by Gasteiger charge is 2.20. The molecule has 1 N–H and O–H groups in total. The molecule has 0 fully saturated rings. The van der Waals surface area contributed by atoms with Gasteiger partial charge in [-0.3, -0.25) is 0 Å². The number of rotatable bonds is 10. The van der Waals surface area contributed by atoms with Gasteiger partial charge in [0.15, 0.2) is 0 Å². The van der Waals surface area contributed by atoms with E-state index in [0.717, 1.165) is 36.4 Å². The Morgan fingerprint density at radius 2 is 1.56 bits per heavy atom. The van der Waals surface area contributed by atoms with Crippen LogP contribution in [0.1, 0.15) is 46.6 Å². The second-order valence-electron chi connectivity index (χ2n) is 10.8. The molecule has 0 radical (unpaired) electrons. The van der Waals surface area contributed by atoms with Crippen LogP contribution >= 0.6 is 0 Å². The Bertz CT molecular complexity index is 1670. The highest BCUT2D eigenvalue weighted by molar-refractivity contribution is 6.00. The van der Waals surface area contributed by atoms with Crippen LogP contribution in [-0.2, 0) is 19.5 Å². The van der Waals surface area contributed by atoms with Crippen molar-refractivity contribution in [3.8, 4) is 11.1 Å². The van der Waals surface area contributed by atoms with Gasteiger partial charge in [0, 0.05) is 68.1 Å². The van der Waals surface area contributed by atoms with Crippen molar-refractivity contribution in [2.75, 3.05) is 30.4 Å². The molecule has 5 nitrogen and oxygen atoms in total. The van der Waals surface area contributed by atoms with Crippen LogP contribution in [0.15, 0.2) is 91.0 Å². The van der Waals surface area contributed by atoms with Gasteiger partial charge >= 0.3 is 5.97 Å². The lowest BCUT2D eigenvalue weighted by molar-refractivity contribution is 0.0696. The maximum Gasteiger partial charge on any atom is 0.336 e. The Hall–Kier alpha value is -4.51. The standard InChI is InChI=1S/C36H39N3O2/c1-6-38(24-26-12-9-8-10-13-26)29-19-16-27(17-20-29)31-14-11-15-34-35(31)32(25(3)39(34)7-2)22-28-18-21-30(37(4)5)23-33(28)36(40)41/h8-21,23H,6-7,22,24H2,1-5H3,(H,40,41). The fourth-order valence-electron chi connectivity index (χ4n) is 5.90. The number of hydrogen-bond donors (Lipinski definition) is 1. The summed E-state index contributed by atoms with van der Waals surface area (Å²) in [5, 5.41) is 11.3. The van der Waals surface area contributed by atoms with Crippen LogP contribution in [0.25, 0.3) is 22.0 Å². The number of carbonyl (C=O) groups is 1. The van der Waals surface area contributed by atoms with Crippen LogP contribution in [-0.4, -0.2) is 36.3 Å². The van der Waals surface area contributed by atoms with Gasteiger partial charge in [-0.25, -0.2) is 4.79 Å². The monoisotopic (exact) mass is 545 g/mol. The third-order valence-electron chi connectivity index (χ3n) is 8.14. The summed E-state index contributed by atoms with van der Waals surface area (Å²) in [5.41, 5.74) is 10.4. The molecule has 0 saturated heterocycles. The predicted octanol–water partition coefficient (Wildman–Crippen LogP) is 8.02. The maximum absolute atomic E-state index is 12.3. The number of anilines is 2. The smallest absolute Gasteiger partial charge is 0.336 e. The quantitative estimate of drug-likeness (QED) is 0.193. The number of carboxylic acid groups (broad SMARTS) is 1. The molecule has 0 amide bonds. The third kappa shape index (κ3) is 5.58. The zero-order valence-electron chi connectivity index (χ0n) is 24.7. The van der Waals surface area contributed by atoms with Gasteiger partial charge in [-0.05, 0) is 78.9 Å². The summed E-state index contributed by atoms with van der Waals surface area (Å²) in [6.07, 6.45) is 0.556. The van der Waals surface area contributed by atoms with Crippen LogP contribution in [0.2, 0.25) is 0 Å². The Labute approximate surface area is 243 Å². The molecule has 4 aromatic carbocycles. The number of aromatic nitrogens is 1. The van der Waals surface area contributed by atoms with Crippen LogP contribution in [0, 0.1) is 6.92 Å². The van der Waals surface area contributed by atoms with E-state index < -0.39 is 5.97 Å². The van der Waals surface area contributed by atoms with Gasteiger partial charge in [-0.2, -0.15) is 0 Å². The fraction of sp³-hybridized carbons (Fsp3) is 0.250. The first-order valence-electron chi connectivity index (χ1n) is 14.4. The van der Waals surface area contributed by atoms with E-state index in [-0.39, 0.29) is 0 Å². The van der Waals surface area contributed by atoms with Gasteiger partial charge in [0.25, 0.3) is 0 Å². The van der Waals surface area contributed by atoms with Crippen molar-refractivity contribution in [2.45, 2.75) is 40.3 Å². The minimum Gasteiger partial charge on any atom is -0.478 e. The van der Waals surface area contributed by atoms with Crippen LogP contribution in [0.4, 0.5) is 11.4 Å². The lowest BCUT2D eigenvalue weighted by Crippen LogP contribution is -2.21. The zero-order chi connectivity index (χ0) is 29.1. The zero-order valence-corrected chi connectivity index (χ0v) is 24.7. The van der Waals surface area contributed by atoms with Crippen molar-refractivity contribution >= 4 is 28.2 Å². The maximum atomic E-state index is 12.3. The van der Waals surface area contributed by atoms with E-state index >= 15 is 0 Å². The summed E-state index contributed by atoms with van der Waals surface area (Å²) >= 11 is 0. The molecule has 5 heteroatoms. The number of fused-ring (bicyclic) bond motifs is 1. The Kier molecular flexibility index (Phi) is 8.16. The molecule has 41 heavy (non-hydrogen) atoms. The van der Waals surface area contributed by atoms with Crippen LogP contribution in [0.3, 0.4) is 0 Å². The number of nitrogens with zero attached hydrogens (tertiary/aromatic N) is 3. The van der Waals surface area contributed by atoms with E-state index in [9.17, 15) is 9.90 Å². The number of hydrogen-bond acceptors (Lipinski definition) is 3. The minimum absolute atomic E-state index is 0.355. The second-order valence-corrected chi connectivity index (χ2v) is 10.8. The fourth-order valence-corrected chi connectivity index (χ4v) is 5.90. The van der Waals surface area contributed by atoms with E-state index in [1.807, 2.05) is 31.1 Å². The minimum atomic E-state index is -0.896. The molecular formula is C36H39N3O2. The molecule has 0 aliphatic carbocycles. The van der Waals surface area contributed by atoms with Gasteiger partial charge in [0.1, 0.15) is 0 Å². The normalized spacial score (nSPS) is 11.1. The highest BCUT2D eigenvalue weighted by Crippen LogP contribution is 2.37. The summed E-state index contributed by atoms with van der Waals surface area (Å²) in [4.78, 5) is 16.6. The van der Waals surface area contributed by atoms with Crippen molar-refractivity contribution < 1.29 is 9.90 Å². The Balaban J connectivity index is 1.57. The molecule has 0 aliphatic heterocycles. The molecule has 1 aromatic heterocycles. The highest BCUT2D eigenvalue weighted by atomic mass is 16.4. The molecule has 0 unspecified atom stereocenters. The van der Waals surface area contributed by atoms with Crippen molar-refractivity contribution in [3.05, 3.63) is 119 Å². The molecule has 0 saturated carbocycles. The molecule has 0 aliphatic rings. The SMILES string of the molecule is CCN(Cc1ccccc1)c1ccc(-c2cccc3c2c(Cc2ccc(N(C)C)cc2C(=O)O)c(C)n3CC)cc1. The molecule has 0 atom stereocenters. The average molecular weight is 546 g/mol. The van der Waals surface area contributed by atoms with Gasteiger partial charge in [0.05, 0.1) is 5.56 Å². The van der Waals surface area contributed by atoms with Crippen molar-refractivity contribution in [1.82, 2.24) is 4.57 Å². The lowest BCUT2D eigenvalue weighted by Gasteiger charge is -2.23. The van der Waals surface area contributed by atoms with Crippen LogP contribution in [0.5, 0.6) is 0 Å². The van der Waals surface area contributed by atoms with E-state index in [4.69, 9.17) is 0 Å². The topological polar surface area (TPSA) is 48.7 Å². The number of aromatic carboxylic acids is 1. The van der Waals surface area contributed by atoms with E-state index in [2.05, 4.69) is 103 Å². The molecule has 0 bridgehead atoms. The summed E-state index contributed by atoms with van der Waals surface area (Å²) in [6.45, 7) is 9.15. The van der Waals surface area contributed by atoms with Gasteiger partial charge in [-0.15, -0.1) is 0 Å².